The molecule has 1 aromatic heterocycles. The second-order valence-corrected chi connectivity index (χ2v) is 9.82. The molecule has 2 aromatic carbocycles. The Bertz CT molecular complexity index is 1200. The van der Waals surface area contributed by atoms with E-state index in [0.717, 1.165) is 0 Å². The molecule has 0 aliphatic carbocycles. The Morgan fingerprint density at radius 2 is 1.75 bits per heavy atom. The van der Waals surface area contributed by atoms with E-state index in [4.69, 9.17) is 0 Å². The van der Waals surface area contributed by atoms with Crippen molar-refractivity contribution in [1.29, 1.82) is 0 Å². The SMILES string of the molecule is Cc1c(C(=O)NCC2CCN(S(=O)(=O)c3ccccc3)CC2)cnn1-c1ccccc1F. The molecule has 1 N–H and O–H groups in total. The highest BCUT2D eigenvalue weighted by Crippen LogP contribution is 2.23. The predicted octanol–water partition coefficient (Wildman–Crippen LogP) is 3.15. The summed E-state index contributed by atoms with van der Waals surface area (Å²) in [5.41, 5.74) is 1.23. The van der Waals surface area contributed by atoms with Gasteiger partial charge in [0.25, 0.3) is 5.91 Å². The van der Waals surface area contributed by atoms with Crippen molar-refractivity contribution in [2.24, 2.45) is 5.92 Å². The second kappa shape index (κ2) is 9.22. The Hall–Kier alpha value is -3.04. The molecule has 1 aliphatic heterocycles. The monoisotopic (exact) mass is 456 g/mol. The first-order valence-corrected chi connectivity index (χ1v) is 11.9. The maximum absolute atomic E-state index is 14.1. The van der Waals surface area contributed by atoms with Gasteiger partial charge in [0.2, 0.25) is 10.0 Å². The second-order valence-electron chi connectivity index (χ2n) is 7.88. The number of benzene rings is 2. The zero-order valence-corrected chi connectivity index (χ0v) is 18.6. The molecule has 0 bridgehead atoms. The third-order valence-electron chi connectivity index (χ3n) is 5.84. The van der Waals surface area contributed by atoms with Crippen LogP contribution in [-0.2, 0) is 10.0 Å². The van der Waals surface area contributed by atoms with Gasteiger partial charge in [0.05, 0.1) is 22.3 Å². The number of carbonyl (C=O) groups excluding carboxylic acids is 1. The zero-order valence-electron chi connectivity index (χ0n) is 17.7. The van der Waals surface area contributed by atoms with Crippen LogP contribution in [0.4, 0.5) is 4.39 Å². The number of nitrogens with one attached hydrogen (secondary N) is 1. The normalized spacial score (nSPS) is 15.6. The number of piperidine rings is 1. The molecule has 4 rings (SSSR count). The molecule has 1 saturated heterocycles. The summed E-state index contributed by atoms with van der Waals surface area (Å²) in [4.78, 5) is 13.0. The van der Waals surface area contributed by atoms with Gasteiger partial charge in [0.15, 0.2) is 0 Å². The molecule has 1 amide bonds. The maximum atomic E-state index is 14.1. The molecular formula is C23H25FN4O3S. The molecule has 0 saturated carbocycles. The lowest BCUT2D eigenvalue weighted by Crippen LogP contribution is -2.41. The summed E-state index contributed by atoms with van der Waals surface area (Å²) in [6, 6.07) is 14.7. The number of carbonyl (C=O) groups is 1. The van der Waals surface area contributed by atoms with Gasteiger partial charge in [0.1, 0.15) is 11.5 Å². The van der Waals surface area contributed by atoms with E-state index < -0.39 is 15.8 Å². The first-order chi connectivity index (χ1) is 15.4. The summed E-state index contributed by atoms with van der Waals surface area (Å²) in [5.74, 6) is -0.504. The Morgan fingerprint density at radius 1 is 1.09 bits per heavy atom. The molecule has 1 fully saturated rings. The van der Waals surface area contributed by atoms with Crippen LogP contribution in [0.25, 0.3) is 5.69 Å². The number of sulfonamides is 1. The highest BCUT2D eigenvalue weighted by molar-refractivity contribution is 7.89. The zero-order chi connectivity index (χ0) is 22.7. The van der Waals surface area contributed by atoms with E-state index >= 15 is 0 Å². The number of hydrogen-bond donors (Lipinski definition) is 1. The van der Waals surface area contributed by atoms with E-state index in [0.29, 0.717) is 48.6 Å². The van der Waals surface area contributed by atoms with Crippen molar-refractivity contribution < 1.29 is 17.6 Å². The molecule has 2 heterocycles. The highest BCUT2D eigenvalue weighted by atomic mass is 32.2. The minimum Gasteiger partial charge on any atom is -0.352 e. The standard InChI is InChI=1S/C23H25FN4O3S/c1-17-20(16-26-28(17)22-10-6-5-9-21(22)24)23(29)25-15-18-11-13-27(14-12-18)32(30,31)19-7-3-2-4-8-19/h2-10,16,18H,11-15H2,1H3,(H,25,29). The summed E-state index contributed by atoms with van der Waals surface area (Å²) in [5, 5.41) is 7.09. The minimum absolute atomic E-state index is 0.183. The summed E-state index contributed by atoms with van der Waals surface area (Å²) >= 11 is 0. The summed E-state index contributed by atoms with van der Waals surface area (Å²) in [6.07, 6.45) is 2.77. The molecule has 9 heteroatoms. The number of aromatic nitrogens is 2. The maximum Gasteiger partial charge on any atom is 0.254 e. The quantitative estimate of drug-likeness (QED) is 0.618. The van der Waals surface area contributed by atoms with Gasteiger partial charge in [-0.1, -0.05) is 30.3 Å². The van der Waals surface area contributed by atoms with E-state index in [1.807, 2.05) is 0 Å². The van der Waals surface area contributed by atoms with Crippen LogP contribution < -0.4 is 5.32 Å². The highest BCUT2D eigenvalue weighted by Gasteiger charge is 2.29. The van der Waals surface area contributed by atoms with E-state index in [2.05, 4.69) is 10.4 Å². The predicted molar refractivity (Wildman–Crippen MR) is 119 cm³/mol. The van der Waals surface area contributed by atoms with Crippen LogP contribution in [0.2, 0.25) is 0 Å². The largest absolute Gasteiger partial charge is 0.352 e. The summed E-state index contributed by atoms with van der Waals surface area (Å²) < 4.78 is 42.5. The first-order valence-electron chi connectivity index (χ1n) is 10.5. The van der Waals surface area contributed by atoms with Gasteiger partial charge in [-0.25, -0.2) is 17.5 Å². The van der Waals surface area contributed by atoms with Crippen LogP contribution in [0.5, 0.6) is 0 Å². The minimum atomic E-state index is -3.49. The Balaban J connectivity index is 1.34. The van der Waals surface area contributed by atoms with E-state index in [1.165, 1.54) is 21.3 Å². The lowest BCUT2D eigenvalue weighted by atomic mass is 9.98. The molecule has 3 aromatic rings. The molecule has 0 atom stereocenters. The molecule has 0 unspecified atom stereocenters. The fraction of sp³-hybridized carbons (Fsp3) is 0.304. The van der Waals surface area contributed by atoms with E-state index in [9.17, 15) is 17.6 Å². The van der Waals surface area contributed by atoms with Crippen LogP contribution in [0, 0.1) is 18.7 Å². The first kappa shape index (κ1) is 22.2. The van der Waals surface area contributed by atoms with E-state index in [1.54, 1.807) is 55.5 Å². The van der Waals surface area contributed by atoms with Crippen molar-refractivity contribution in [3.8, 4) is 5.69 Å². The van der Waals surface area contributed by atoms with Gasteiger partial charge in [-0.3, -0.25) is 4.79 Å². The number of hydrogen-bond acceptors (Lipinski definition) is 4. The smallest absolute Gasteiger partial charge is 0.254 e. The van der Waals surface area contributed by atoms with Gasteiger partial charge >= 0.3 is 0 Å². The molecule has 0 radical (unpaired) electrons. The fourth-order valence-electron chi connectivity index (χ4n) is 3.93. The van der Waals surface area contributed by atoms with Gasteiger partial charge in [-0.2, -0.15) is 9.40 Å². The van der Waals surface area contributed by atoms with Crippen molar-refractivity contribution in [2.75, 3.05) is 19.6 Å². The van der Waals surface area contributed by atoms with Gasteiger partial charge in [-0.15, -0.1) is 0 Å². The van der Waals surface area contributed by atoms with Gasteiger partial charge in [0, 0.05) is 19.6 Å². The Morgan fingerprint density at radius 3 is 2.44 bits per heavy atom. The number of para-hydroxylation sites is 1. The van der Waals surface area contributed by atoms with E-state index in [-0.39, 0.29) is 17.5 Å². The molecule has 0 spiro atoms. The summed E-state index contributed by atoms with van der Waals surface area (Å²) in [6.45, 7) is 3.01. The van der Waals surface area contributed by atoms with Crippen molar-refractivity contribution in [2.45, 2.75) is 24.7 Å². The average molecular weight is 457 g/mol. The van der Waals surface area contributed by atoms with Crippen LogP contribution in [0.1, 0.15) is 28.9 Å². The number of rotatable bonds is 6. The van der Waals surface area contributed by atoms with Crippen molar-refractivity contribution in [3.05, 3.63) is 77.9 Å². The molecule has 7 nitrogen and oxygen atoms in total. The molecule has 1 aliphatic rings. The van der Waals surface area contributed by atoms with Crippen molar-refractivity contribution >= 4 is 15.9 Å². The van der Waals surface area contributed by atoms with Crippen LogP contribution in [0.15, 0.2) is 65.7 Å². The van der Waals surface area contributed by atoms with Crippen LogP contribution >= 0.6 is 0 Å². The number of halogens is 1. The molecular weight excluding hydrogens is 431 g/mol. The Kier molecular flexibility index (Phi) is 6.38. The van der Waals surface area contributed by atoms with Crippen molar-refractivity contribution in [3.63, 3.8) is 0 Å². The number of amides is 1. The van der Waals surface area contributed by atoms with Crippen LogP contribution in [0.3, 0.4) is 0 Å². The topological polar surface area (TPSA) is 84.3 Å². The van der Waals surface area contributed by atoms with Crippen molar-refractivity contribution in [1.82, 2.24) is 19.4 Å². The van der Waals surface area contributed by atoms with Crippen LogP contribution in [-0.4, -0.2) is 48.0 Å². The van der Waals surface area contributed by atoms with Gasteiger partial charge < -0.3 is 5.32 Å². The lowest BCUT2D eigenvalue weighted by Gasteiger charge is -2.31. The summed E-state index contributed by atoms with van der Waals surface area (Å²) in [7, 11) is -3.49. The fourth-order valence-corrected chi connectivity index (χ4v) is 5.42. The lowest BCUT2D eigenvalue weighted by molar-refractivity contribution is 0.0941. The number of nitrogens with zero attached hydrogens (tertiary/aromatic N) is 3. The third-order valence-corrected chi connectivity index (χ3v) is 7.75. The Labute approximate surface area is 186 Å². The molecule has 168 valence electrons. The van der Waals surface area contributed by atoms with Gasteiger partial charge in [-0.05, 0) is 49.9 Å². The third kappa shape index (κ3) is 4.44. The molecule has 32 heavy (non-hydrogen) atoms. The average Bonchev–Trinajstić information content (AvgIpc) is 3.20.